The lowest BCUT2D eigenvalue weighted by atomic mass is 9.65. The minimum absolute atomic E-state index is 0.144. The quantitative estimate of drug-likeness (QED) is 0.440. The summed E-state index contributed by atoms with van der Waals surface area (Å²) in [5, 5.41) is 10.3. The number of rotatable bonds is 4. The molecule has 0 aliphatic carbocycles. The van der Waals surface area contributed by atoms with Crippen LogP contribution in [0.3, 0.4) is 0 Å². The first-order valence-corrected chi connectivity index (χ1v) is 10.8. The van der Waals surface area contributed by atoms with Crippen molar-refractivity contribution in [1.82, 2.24) is 9.55 Å². The highest BCUT2D eigenvalue weighted by Crippen LogP contribution is 2.45. The largest absolute Gasteiger partial charge is 0.481 e. The van der Waals surface area contributed by atoms with Gasteiger partial charge in [0.05, 0.1) is 41.4 Å². The molecule has 3 aromatic rings. The van der Waals surface area contributed by atoms with Crippen molar-refractivity contribution in [1.29, 1.82) is 0 Å². The lowest BCUT2D eigenvalue weighted by Crippen LogP contribution is -2.46. The Morgan fingerprint density at radius 3 is 2.68 bits per heavy atom. The van der Waals surface area contributed by atoms with Gasteiger partial charge in [-0.15, -0.1) is 0 Å². The summed E-state index contributed by atoms with van der Waals surface area (Å²) in [5.74, 6) is -4.95. The number of carbonyl (C=O) groups is 2. The molecule has 34 heavy (non-hydrogen) atoms. The Bertz CT molecular complexity index is 1450. The van der Waals surface area contributed by atoms with Crippen molar-refractivity contribution in [2.75, 3.05) is 6.54 Å². The van der Waals surface area contributed by atoms with E-state index in [-0.39, 0.29) is 43.6 Å². The van der Waals surface area contributed by atoms with Gasteiger partial charge in [0.1, 0.15) is 6.61 Å². The van der Waals surface area contributed by atoms with E-state index in [1.807, 2.05) is 0 Å². The molecule has 10 heteroatoms. The number of cyclic esters (lactones) is 1. The van der Waals surface area contributed by atoms with Crippen LogP contribution >= 0.6 is 0 Å². The number of nitrogens with two attached hydrogens (primary N) is 1. The number of benzene rings is 1. The number of halogens is 2. The second kappa shape index (κ2) is 7.69. The average molecular weight is 469 g/mol. The van der Waals surface area contributed by atoms with Gasteiger partial charge in [-0.25, -0.2) is 13.8 Å². The zero-order valence-electron chi connectivity index (χ0n) is 18.2. The molecule has 3 N–H and O–H groups in total. The van der Waals surface area contributed by atoms with E-state index < -0.39 is 40.5 Å². The van der Waals surface area contributed by atoms with Gasteiger partial charge in [-0.3, -0.25) is 14.4 Å². The van der Waals surface area contributed by atoms with E-state index in [2.05, 4.69) is 4.98 Å². The second-order valence-electron chi connectivity index (χ2n) is 8.74. The first kappa shape index (κ1) is 22.1. The molecule has 2 aliphatic rings. The SMILES string of the molecule is CCC1(C(CN)C(=O)O)CC(=O)OCc2c1cc1n(c2=O)Cc2cc3cc(F)c(F)cc3nc2-1. The van der Waals surface area contributed by atoms with Crippen molar-refractivity contribution in [3.63, 3.8) is 0 Å². The van der Waals surface area contributed by atoms with Crippen LogP contribution in [-0.2, 0) is 32.9 Å². The number of carboxylic acids is 1. The summed E-state index contributed by atoms with van der Waals surface area (Å²) < 4.78 is 34.3. The summed E-state index contributed by atoms with van der Waals surface area (Å²) in [6.07, 6.45) is -0.00922. The lowest BCUT2D eigenvalue weighted by Gasteiger charge is -2.37. The molecule has 176 valence electrons. The summed E-state index contributed by atoms with van der Waals surface area (Å²) in [5.41, 5.74) is 6.45. The Kier molecular flexibility index (Phi) is 5.01. The minimum Gasteiger partial charge on any atom is -0.481 e. The van der Waals surface area contributed by atoms with E-state index in [4.69, 9.17) is 10.5 Å². The summed E-state index contributed by atoms with van der Waals surface area (Å²) in [7, 11) is 0. The van der Waals surface area contributed by atoms with Crippen molar-refractivity contribution < 1.29 is 28.2 Å². The first-order valence-electron chi connectivity index (χ1n) is 10.8. The van der Waals surface area contributed by atoms with Gasteiger partial charge in [0.25, 0.3) is 5.56 Å². The highest BCUT2D eigenvalue weighted by Gasteiger charge is 2.48. The third-order valence-electron chi connectivity index (χ3n) is 7.11. The topological polar surface area (TPSA) is 125 Å². The number of carbonyl (C=O) groups excluding carboxylic acids is 1. The third kappa shape index (κ3) is 3.05. The Morgan fingerprint density at radius 1 is 1.26 bits per heavy atom. The maximum atomic E-state index is 13.8. The molecule has 4 heterocycles. The minimum atomic E-state index is -1.26. The van der Waals surface area contributed by atoms with E-state index in [0.29, 0.717) is 27.9 Å². The van der Waals surface area contributed by atoms with Crippen molar-refractivity contribution in [3.8, 4) is 11.4 Å². The maximum Gasteiger partial charge on any atom is 0.308 e. The molecule has 0 fully saturated rings. The Labute approximate surface area is 192 Å². The maximum absolute atomic E-state index is 13.8. The van der Waals surface area contributed by atoms with E-state index in [1.165, 1.54) is 4.57 Å². The summed E-state index contributed by atoms with van der Waals surface area (Å²) >= 11 is 0. The highest BCUT2D eigenvalue weighted by atomic mass is 19.2. The Hall–Kier alpha value is -3.66. The van der Waals surface area contributed by atoms with E-state index >= 15 is 0 Å². The van der Waals surface area contributed by atoms with Crippen LogP contribution < -0.4 is 11.3 Å². The molecule has 2 unspecified atom stereocenters. The normalized spacial score (nSPS) is 19.7. The van der Waals surface area contributed by atoms with Crippen LogP contribution in [0.2, 0.25) is 0 Å². The fourth-order valence-corrected chi connectivity index (χ4v) is 5.34. The van der Waals surface area contributed by atoms with Crippen LogP contribution in [0.25, 0.3) is 22.3 Å². The molecule has 5 rings (SSSR count). The van der Waals surface area contributed by atoms with Gasteiger partial charge in [-0.1, -0.05) is 6.92 Å². The van der Waals surface area contributed by atoms with Crippen LogP contribution in [0.15, 0.2) is 29.1 Å². The molecular weight excluding hydrogens is 448 g/mol. The van der Waals surface area contributed by atoms with Gasteiger partial charge < -0.3 is 20.1 Å². The van der Waals surface area contributed by atoms with Gasteiger partial charge in [-0.05, 0) is 30.2 Å². The van der Waals surface area contributed by atoms with Crippen molar-refractivity contribution in [3.05, 3.63) is 62.9 Å². The van der Waals surface area contributed by atoms with Crippen LogP contribution in [0.5, 0.6) is 0 Å². The molecule has 8 nitrogen and oxygen atoms in total. The fourth-order valence-electron chi connectivity index (χ4n) is 5.34. The number of fused-ring (bicyclic) bond motifs is 5. The number of ether oxygens (including phenoxy) is 1. The van der Waals surface area contributed by atoms with Crippen molar-refractivity contribution in [2.45, 2.75) is 38.3 Å². The third-order valence-corrected chi connectivity index (χ3v) is 7.11. The van der Waals surface area contributed by atoms with Crippen LogP contribution in [-0.4, -0.2) is 33.1 Å². The number of nitrogens with zero attached hydrogens (tertiary/aromatic N) is 2. The highest BCUT2D eigenvalue weighted by molar-refractivity contribution is 5.85. The Morgan fingerprint density at radius 2 is 2.00 bits per heavy atom. The molecule has 2 aliphatic heterocycles. The molecule has 1 aromatic carbocycles. The van der Waals surface area contributed by atoms with Crippen LogP contribution in [0, 0.1) is 17.6 Å². The van der Waals surface area contributed by atoms with E-state index in [9.17, 15) is 28.3 Å². The lowest BCUT2D eigenvalue weighted by molar-refractivity contribution is -0.149. The van der Waals surface area contributed by atoms with Gasteiger partial charge in [0.2, 0.25) is 0 Å². The molecular formula is C24H21F2N3O5. The standard InChI is InChI=1S/C24H21F2N3O5/c1-2-24(15(8-27)23(32)33)7-20(30)34-10-13-14(24)5-19-21-12(9-29(19)22(13)31)3-11-4-16(25)17(26)6-18(11)28-21/h3-6,15H,2,7-10,27H2,1H3,(H,32,33). The van der Waals surface area contributed by atoms with Crippen LogP contribution in [0.4, 0.5) is 8.78 Å². The predicted octanol–water partition coefficient (Wildman–Crippen LogP) is 2.46. The zero-order valence-corrected chi connectivity index (χ0v) is 18.2. The summed E-state index contributed by atoms with van der Waals surface area (Å²) in [4.78, 5) is 42.7. The number of aliphatic carboxylic acids is 1. The molecule has 0 spiro atoms. The second-order valence-corrected chi connectivity index (χ2v) is 8.74. The summed E-state index contributed by atoms with van der Waals surface area (Å²) in [6, 6.07) is 5.38. The molecule has 0 saturated carbocycles. The molecule has 0 saturated heterocycles. The van der Waals surface area contributed by atoms with Gasteiger partial charge >= 0.3 is 11.9 Å². The monoisotopic (exact) mass is 469 g/mol. The van der Waals surface area contributed by atoms with E-state index in [1.54, 1.807) is 19.1 Å². The Balaban J connectivity index is 1.80. The number of hydrogen-bond donors (Lipinski definition) is 2. The van der Waals surface area contributed by atoms with Crippen molar-refractivity contribution in [2.24, 2.45) is 11.7 Å². The molecule has 0 radical (unpaired) electrons. The first-order chi connectivity index (χ1) is 16.2. The van der Waals surface area contributed by atoms with Gasteiger partial charge in [0.15, 0.2) is 11.6 Å². The fraction of sp³-hybridized carbons (Fsp3) is 0.333. The van der Waals surface area contributed by atoms with E-state index in [0.717, 1.165) is 12.1 Å². The molecule has 2 aromatic heterocycles. The van der Waals surface area contributed by atoms with Crippen LogP contribution in [0.1, 0.15) is 36.5 Å². The molecule has 0 bridgehead atoms. The molecule has 2 atom stereocenters. The van der Waals surface area contributed by atoms with Gasteiger partial charge in [0, 0.05) is 29.0 Å². The average Bonchev–Trinajstić information content (AvgIpc) is 3.07. The predicted molar refractivity (Wildman–Crippen MR) is 117 cm³/mol. The smallest absolute Gasteiger partial charge is 0.308 e. The summed E-state index contributed by atoms with van der Waals surface area (Å²) in [6.45, 7) is 1.37. The number of carboxylic acid groups (broad SMARTS) is 1. The number of aromatic nitrogens is 2. The number of hydrogen-bond acceptors (Lipinski definition) is 6. The van der Waals surface area contributed by atoms with Crippen molar-refractivity contribution >= 4 is 22.8 Å². The number of esters is 1. The molecule has 0 amide bonds. The number of pyridine rings is 2. The van der Waals surface area contributed by atoms with Gasteiger partial charge in [-0.2, -0.15) is 0 Å². The zero-order chi connectivity index (χ0) is 24.4.